The Balaban J connectivity index is 1.31. The molecular weight excluding hydrogens is 422 g/mol. The zero-order chi connectivity index (χ0) is 22.3. The summed E-state index contributed by atoms with van der Waals surface area (Å²) in [6, 6.07) is 13.8. The summed E-state index contributed by atoms with van der Waals surface area (Å²) >= 11 is 1.63. The number of nitriles is 1. The average molecular weight is 448 g/mol. The molecule has 0 saturated carbocycles. The van der Waals surface area contributed by atoms with Crippen molar-refractivity contribution in [1.82, 2.24) is 15.3 Å². The van der Waals surface area contributed by atoms with Gasteiger partial charge in [0, 0.05) is 43.5 Å². The first-order valence-electron chi connectivity index (χ1n) is 10.7. The van der Waals surface area contributed by atoms with Crippen LogP contribution in [0.15, 0.2) is 48.8 Å². The Labute approximate surface area is 191 Å². The minimum absolute atomic E-state index is 0.262. The number of aromatic nitrogens is 2. The number of ether oxygens (including phenoxy) is 1. The standard InChI is InChI=1S/C24H25N5O2S/c1-2-26-24(30)31-16-21-15-28-23(32-21)19-9-11-29(12-10-19)22-8-7-20(14-27-22)18-5-3-17(13-25)4-6-18/h3-8,14-15,19H,2,9-12,16H2,1H3,(H,26,30). The molecular formula is C24H25N5O2S. The SMILES string of the molecule is CCNC(=O)OCc1cnc(C2CCN(c3ccc(-c4ccc(C#N)cc4)cn3)CC2)s1. The van der Waals surface area contributed by atoms with Crippen molar-refractivity contribution in [2.75, 3.05) is 24.5 Å². The van der Waals surface area contributed by atoms with Crippen molar-refractivity contribution in [3.05, 3.63) is 64.2 Å². The minimum Gasteiger partial charge on any atom is -0.444 e. The summed E-state index contributed by atoms with van der Waals surface area (Å²) in [5.74, 6) is 1.41. The van der Waals surface area contributed by atoms with Crippen molar-refractivity contribution in [3.8, 4) is 17.2 Å². The average Bonchev–Trinajstić information content (AvgIpc) is 3.32. The Morgan fingerprint density at radius 2 is 1.91 bits per heavy atom. The van der Waals surface area contributed by atoms with Gasteiger partial charge in [0.05, 0.1) is 21.5 Å². The Hall–Kier alpha value is -3.44. The molecule has 1 saturated heterocycles. The monoisotopic (exact) mass is 447 g/mol. The molecule has 0 aliphatic carbocycles. The van der Waals surface area contributed by atoms with Crippen molar-refractivity contribution in [2.45, 2.75) is 32.3 Å². The minimum atomic E-state index is -0.395. The first-order valence-corrected chi connectivity index (χ1v) is 11.5. The summed E-state index contributed by atoms with van der Waals surface area (Å²) in [7, 11) is 0. The molecule has 8 heteroatoms. The van der Waals surface area contributed by atoms with E-state index in [-0.39, 0.29) is 6.61 Å². The van der Waals surface area contributed by atoms with Gasteiger partial charge < -0.3 is 15.0 Å². The molecule has 2 aromatic heterocycles. The number of pyridine rings is 1. The molecule has 1 amide bonds. The van der Waals surface area contributed by atoms with Gasteiger partial charge in [-0.2, -0.15) is 5.26 Å². The molecule has 3 heterocycles. The summed E-state index contributed by atoms with van der Waals surface area (Å²) in [5.41, 5.74) is 2.75. The predicted molar refractivity (Wildman–Crippen MR) is 125 cm³/mol. The van der Waals surface area contributed by atoms with Gasteiger partial charge in [-0.25, -0.2) is 14.8 Å². The number of hydrogen-bond acceptors (Lipinski definition) is 7. The molecule has 0 spiro atoms. The van der Waals surface area contributed by atoms with E-state index >= 15 is 0 Å². The predicted octanol–water partition coefficient (Wildman–Crippen LogP) is 4.71. The maximum absolute atomic E-state index is 11.5. The number of rotatable bonds is 6. The number of piperidine rings is 1. The zero-order valence-electron chi connectivity index (χ0n) is 18.0. The highest BCUT2D eigenvalue weighted by Gasteiger charge is 2.24. The van der Waals surface area contributed by atoms with Gasteiger partial charge in [0.15, 0.2) is 0 Å². The fourth-order valence-electron chi connectivity index (χ4n) is 3.75. The molecule has 4 rings (SSSR count). The smallest absolute Gasteiger partial charge is 0.407 e. The van der Waals surface area contributed by atoms with Crippen LogP contribution in [0.5, 0.6) is 0 Å². The lowest BCUT2D eigenvalue weighted by molar-refractivity contribution is 0.141. The van der Waals surface area contributed by atoms with Crippen LogP contribution in [-0.2, 0) is 11.3 Å². The number of benzene rings is 1. The molecule has 0 radical (unpaired) electrons. The van der Waals surface area contributed by atoms with Crippen LogP contribution in [-0.4, -0.2) is 35.7 Å². The highest BCUT2D eigenvalue weighted by atomic mass is 32.1. The van der Waals surface area contributed by atoms with Crippen molar-refractivity contribution < 1.29 is 9.53 Å². The van der Waals surface area contributed by atoms with Gasteiger partial charge in [-0.3, -0.25) is 0 Å². The maximum atomic E-state index is 11.5. The summed E-state index contributed by atoms with van der Waals surface area (Å²) in [4.78, 5) is 24.0. The van der Waals surface area contributed by atoms with Crippen molar-refractivity contribution in [1.29, 1.82) is 5.26 Å². The second kappa shape index (κ2) is 10.2. The number of carbonyl (C=O) groups is 1. The number of anilines is 1. The molecule has 1 aromatic carbocycles. The molecule has 7 nitrogen and oxygen atoms in total. The first kappa shape index (κ1) is 21.8. The lowest BCUT2D eigenvalue weighted by atomic mass is 9.97. The second-order valence-corrected chi connectivity index (χ2v) is 8.77. The number of alkyl carbamates (subject to hydrolysis) is 1. The molecule has 0 unspecified atom stereocenters. The molecule has 1 N–H and O–H groups in total. The number of hydrogen-bond donors (Lipinski definition) is 1. The van der Waals surface area contributed by atoms with Gasteiger partial charge in [-0.15, -0.1) is 11.3 Å². The summed E-state index contributed by atoms with van der Waals surface area (Å²) in [5, 5.41) is 12.7. The van der Waals surface area contributed by atoms with Crippen LogP contribution in [0, 0.1) is 11.3 Å². The second-order valence-electron chi connectivity index (χ2n) is 7.63. The van der Waals surface area contributed by atoms with E-state index in [1.807, 2.05) is 43.6 Å². The van der Waals surface area contributed by atoms with Gasteiger partial charge in [-0.05, 0) is 49.6 Å². The van der Waals surface area contributed by atoms with Crippen molar-refractivity contribution >= 4 is 23.2 Å². The zero-order valence-corrected chi connectivity index (χ0v) is 18.8. The normalized spacial score (nSPS) is 14.1. The Morgan fingerprint density at radius 3 is 2.56 bits per heavy atom. The third-order valence-corrected chi connectivity index (χ3v) is 6.63. The summed E-state index contributed by atoms with van der Waals surface area (Å²) in [6.07, 6.45) is 5.35. The van der Waals surface area contributed by atoms with Gasteiger partial charge in [0.25, 0.3) is 0 Å². The Kier molecular flexibility index (Phi) is 6.97. The molecule has 3 aromatic rings. The molecule has 0 bridgehead atoms. The van der Waals surface area contributed by atoms with E-state index in [4.69, 9.17) is 10.00 Å². The van der Waals surface area contributed by atoms with E-state index in [1.165, 1.54) is 0 Å². The van der Waals surface area contributed by atoms with Crippen molar-refractivity contribution in [2.24, 2.45) is 0 Å². The number of thiazole rings is 1. The lowest BCUT2D eigenvalue weighted by Gasteiger charge is -2.32. The van der Waals surface area contributed by atoms with Crippen LogP contribution in [0.25, 0.3) is 11.1 Å². The van der Waals surface area contributed by atoms with E-state index in [0.717, 1.165) is 52.8 Å². The number of nitrogens with zero attached hydrogens (tertiary/aromatic N) is 4. The van der Waals surface area contributed by atoms with E-state index in [0.29, 0.717) is 18.0 Å². The van der Waals surface area contributed by atoms with E-state index < -0.39 is 6.09 Å². The molecule has 1 aliphatic rings. The number of nitrogens with one attached hydrogen (secondary N) is 1. The Bertz CT molecular complexity index is 1080. The van der Waals surface area contributed by atoms with Gasteiger partial charge in [0.2, 0.25) is 0 Å². The topological polar surface area (TPSA) is 91.1 Å². The third-order valence-electron chi connectivity index (χ3n) is 5.50. The Morgan fingerprint density at radius 1 is 1.16 bits per heavy atom. The van der Waals surface area contributed by atoms with Crippen LogP contribution in [0.1, 0.15) is 41.1 Å². The summed E-state index contributed by atoms with van der Waals surface area (Å²) < 4.78 is 5.19. The molecule has 32 heavy (non-hydrogen) atoms. The molecule has 1 aliphatic heterocycles. The largest absolute Gasteiger partial charge is 0.444 e. The maximum Gasteiger partial charge on any atom is 0.407 e. The van der Waals surface area contributed by atoms with Crippen LogP contribution in [0.3, 0.4) is 0 Å². The molecule has 0 atom stereocenters. The number of carbonyl (C=O) groups excluding carboxylic acids is 1. The fourth-order valence-corrected chi connectivity index (χ4v) is 4.75. The van der Waals surface area contributed by atoms with E-state index in [9.17, 15) is 4.79 Å². The quantitative estimate of drug-likeness (QED) is 0.589. The van der Waals surface area contributed by atoms with Crippen LogP contribution < -0.4 is 10.2 Å². The lowest BCUT2D eigenvalue weighted by Crippen LogP contribution is -2.33. The van der Waals surface area contributed by atoms with Gasteiger partial charge in [-0.1, -0.05) is 12.1 Å². The van der Waals surface area contributed by atoms with E-state index in [2.05, 4.69) is 38.4 Å². The summed E-state index contributed by atoms with van der Waals surface area (Å²) in [6.45, 7) is 4.53. The number of amides is 1. The van der Waals surface area contributed by atoms with Gasteiger partial charge in [0.1, 0.15) is 12.4 Å². The highest BCUT2D eigenvalue weighted by Crippen LogP contribution is 2.33. The van der Waals surface area contributed by atoms with Crippen LogP contribution >= 0.6 is 11.3 Å². The molecule has 1 fully saturated rings. The van der Waals surface area contributed by atoms with Crippen LogP contribution in [0.2, 0.25) is 0 Å². The van der Waals surface area contributed by atoms with Crippen LogP contribution in [0.4, 0.5) is 10.6 Å². The molecule has 164 valence electrons. The van der Waals surface area contributed by atoms with Gasteiger partial charge >= 0.3 is 6.09 Å². The van der Waals surface area contributed by atoms with E-state index in [1.54, 1.807) is 11.3 Å². The fraction of sp³-hybridized carbons (Fsp3) is 0.333. The van der Waals surface area contributed by atoms with Crippen molar-refractivity contribution in [3.63, 3.8) is 0 Å². The first-order chi connectivity index (χ1) is 15.7. The third kappa shape index (κ3) is 5.24. The highest BCUT2D eigenvalue weighted by molar-refractivity contribution is 7.11.